The molecule has 1 heterocycles. The van der Waals surface area contributed by atoms with Gasteiger partial charge in [-0.25, -0.2) is 0 Å². The Morgan fingerprint density at radius 1 is 1.59 bits per heavy atom. The van der Waals surface area contributed by atoms with Gasteiger partial charge in [-0.1, -0.05) is 0 Å². The summed E-state index contributed by atoms with van der Waals surface area (Å²) in [6.45, 7) is 2.04. The second kappa shape index (κ2) is 4.73. The zero-order chi connectivity index (χ0) is 12.4. The number of nitrogens with one attached hydrogen (secondary N) is 2. The molecule has 0 aliphatic carbocycles. The van der Waals surface area contributed by atoms with Crippen molar-refractivity contribution in [3.63, 3.8) is 0 Å². The second-order valence-electron chi connectivity index (χ2n) is 4.13. The van der Waals surface area contributed by atoms with Crippen molar-refractivity contribution in [2.24, 2.45) is 0 Å². The van der Waals surface area contributed by atoms with Gasteiger partial charge < -0.3 is 15.2 Å². The van der Waals surface area contributed by atoms with Crippen LogP contribution < -0.4 is 15.4 Å². The number of fused-ring (bicyclic) bond motifs is 1. The lowest BCUT2D eigenvalue weighted by atomic mass is 10.1. The van der Waals surface area contributed by atoms with E-state index in [9.17, 15) is 9.90 Å². The van der Waals surface area contributed by atoms with Crippen LogP contribution in [0.3, 0.4) is 0 Å². The van der Waals surface area contributed by atoms with Crippen LogP contribution in [0.25, 0.3) is 0 Å². The first-order valence-corrected chi connectivity index (χ1v) is 5.52. The lowest BCUT2D eigenvalue weighted by molar-refractivity contribution is -0.117. The highest BCUT2D eigenvalue weighted by atomic mass is 16.5. The number of carbonyl (C=O) groups excluding carboxylic acids is 1. The third kappa shape index (κ3) is 2.40. The first-order valence-electron chi connectivity index (χ1n) is 5.52. The van der Waals surface area contributed by atoms with Crippen molar-refractivity contribution >= 4 is 11.6 Å². The fourth-order valence-corrected chi connectivity index (χ4v) is 1.86. The second-order valence-corrected chi connectivity index (χ2v) is 4.13. The van der Waals surface area contributed by atoms with Gasteiger partial charge in [0, 0.05) is 17.8 Å². The molecule has 17 heavy (non-hydrogen) atoms. The van der Waals surface area contributed by atoms with Gasteiger partial charge in [-0.15, -0.1) is 0 Å². The largest absolute Gasteiger partial charge is 0.497 e. The smallest absolute Gasteiger partial charge is 0.246 e. The van der Waals surface area contributed by atoms with Crippen LogP contribution in [0.5, 0.6) is 5.75 Å². The van der Waals surface area contributed by atoms with E-state index in [1.807, 2.05) is 12.1 Å². The van der Waals surface area contributed by atoms with Gasteiger partial charge in [-0.2, -0.15) is 0 Å². The van der Waals surface area contributed by atoms with Gasteiger partial charge in [-0.05, 0) is 25.1 Å². The SMILES string of the molecule is COc1ccc2c(c1)C(NCC(C)O)C(=O)N2. The van der Waals surface area contributed by atoms with Crippen LogP contribution in [0, 0.1) is 0 Å². The van der Waals surface area contributed by atoms with Gasteiger partial charge in [0.25, 0.3) is 0 Å². The molecule has 0 radical (unpaired) electrons. The number of hydrogen-bond acceptors (Lipinski definition) is 4. The third-order valence-corrected chi connectivity index (χ3v) is 2.71. The number of hydrogen-bond donors (Lipinski definition) is 3. The Labute approximate surface area is 99.8 Å². The maximum Gasteiger partial charge on any atom is 0.246 e. The van der Waals surface area contributed by atoms with Gasteiger partial charge in [0.1, 0.15) is 11.8 Å². The Hall–Kier alpha value is -1.59. The number of carbonyl (C=O) groups is 1. The lowest BCUT2D eigenvalue weighted by Gasteiger charge is -2.13. The quantitative estimate of drug-likeness (QED) is 0.718. The van der Waals surface area contributed by atoms with E-state index in [1.165, 1.54) is 0 Å². The van der Waals surface area contributed by atoms with E-state index in [2.05, 4.69) is 10.6 Å². The summed E-state index contributed by atoms with van der Waals surface area (Å²) in [6.07, 6.45) is -0.488. The summed E-state index contributed by atoms with van der Waals surface area (Å²) in [6, 6.07) is 5.02. The highest BCUT2D eigenvalue weighted by molar-refractivity contribution is 6.02. The lowest BCUT2D eigenvalue weighted by Crippen LogP contribution is -2.32. The molecule has 1 aliphatic heterocycles. The molecule has 0 spiro atoms. The molecule has 2 rings (SSSR count). The fraction of sp³-hybridized carbons (Fsp3) is 0.417. The minimum absolute atomic E-state index is 0.103. The molecule has 5 nitrogen and oxygen atoms in total. The van der Waals surface area contributed by atoms with Gasteiger partial charge in [0.15, 0.2) is 0 Å². The van der Waals surface area contributed by atoms with E-state index in [-0.39, 0.29) is 5.91 Å². The summed E-state index contributed by atoms with van der Waals surface area (Å²) in [5, 5.41) is 15.0. The summed E-state index contributed by atoms with van der Waals surface area (Å²) >= 11 is 0. The van der Waals surface area contributed by atoms with E-state index in [0.717, 1.165) is 11.3 Å². The molecule has 1 aromatic rings. The van der Waals surface area contributed by atoms with E-state index in [0.29, 0.717) is 12.3 Å². The number of aliphatic hydroxyl groups excluding tert-OH is 1. The van der Waals surface area contributed by atoms with Crippen LogP contribution in [-0.2, 0) is 4.79 Å². The van der Waals surface area contributed by atoms with E-state index in [4.69, 9.17) is 4.74 Å². The molecule has 2 atom stereocenters. The topological polar surface area (TPSA) is 70.6 Å². The van der Waals surface area contributed by atoms with Crippen LogP contribution >= 0.6 is 0 Å². The van der Waals surface area contributed by atoms with E-state index < -0.39 is 12.1 Å². The zero-order valence-electron chi connectivity index (χ0n) is 9.86. The predicted molar refractivity (Wildman–Crippen MR) is 64.0 cm³/mol. The molecule has 2 unspecified atom stereocenters. The van der Waals surface area contributed by atoms with Crippen molar-refractivity contribution in [3.8, 4) is 5.75 Å². The summed E-state index contributed by atoms with van der Waals surface area (Å²) in [5.41, 5.74) is 1.65. The Balaban J connectivity index is 2.22. The Bertz CT molecular complexity index is 432. The molecule has 1 aromatic carbocycles. The third-order valence-electron chi connectivity index (χ3n) is 2.71. The van der Waals surface area contributed by atoms with E-state index in [1.54, 1.807) is 20.1 Å². The number of ether oxygens (including phenoxy) is 1. The zero-order valence-corrected chi connectivity index (χ0v) is 9.86. The highest BCUT2D eigenvalue weighted by Gasteiger charge is 2.30. The number of rotatable bonds is 4. The average Bonchev–Trinajstić information content (AvgIpc) is 2.61. The van der Waals surface area contributed by atoms with Gasteiger partial charge >= 0.3 is 0 Å². The molecule has 1 aliphatic rings. The van der Waals surface area contributed by atoms with Crippen molar-refractivity contribution in [1.29, 1.82) is 0 Å². The summed E-state index contributed by atoms with van der Waals surface area (Å²) in [4.78, 5) is 11.7. The van der Waals surface area contributed by atoms with Crippen LogP contribution in [0.2, 0.25) is 0 Å². The Morgan fingerprint density at radius 2 is 2.35 bits per heavy atom. The van der Waals surface area contributed by atoms with Crippen molar-refractivity contribution in [1.82, 2.24) is 5.32 Å². The highest BCUT2D eigenvalue weighted by Crippen LogP contribution is 2.33. The molecule has 0 bridgehead atoms. The van der Waals surface area contributed by atoms with Crippen molar-refractivity contribution in [2.75, 3.05) is 19.0 Å². The molecule has 1 amide bonds. The van der Waals surface area contributed by atoms with Crippen LogP contribution in [0.15, 0.2) is 18.2 Å². The molecular formula is C12H16N2O3. The molecule has 0 saturated heterocycles. The summed E-state index contributed by atoms with van der Waals surface area (Å²) < 4.78 is 5.13. The van der Waals surface area contributed by atoms with Crippen LogP contribution in [-0.4, -0.2) is 30.8 Å². The number of aliphatic hydroxyl groups is 1. The van der Waals surface area contributed by atoms with Crippen molar-refractivity contribution in [3.05, 3.63) is 23.8 Å². The van der Waals surface area contributed by atoms with Crippen LogP contribution in [0.1, 0.15) is 18.5 Å². The molecule has 0 saturated carbocycles. The molecule has 0 aromatic heterocycles. The van der Waals surface area contributed by atoms with E-state index >= 15 is 0 Å². The molecular weight excluding hydrogens is 220 g/mol. The number of amides is 1. The molecule has 5 heteroatoms. The average molecular weight is 236 g/mol. The first kappa shape index (κ1) is 11.9. The minimum atomic E-state index is -0.488. The first-order chi connectivity index (χ1) is 8.11. The predicted octanol–water partition coefficient (Wildman–Crippen LogP) is 0.659. The molecule has 92 valence electrons. The fourth-order valence-electron chi connectivity index (χ4n) is 1.86. The van der Waals surface area contributed by atoms with Gasteiger partial charge in [-0.3, -0.25) is 10.1 Å². The summed E-state index contributed by atoms with van der Waals surface area (Å²) in [5.74, 6) is 0.609. The van der Waals surface area contributed by atoms with Crippen molar-refractivity contribution < 1.29 is 14.6 Å². The normalized spacial score (nSPS) is 19.7. The number of benzene rings is 1. The van der Waals surface area contributed by atoms with Crippen LogP contribution in [0.4, 0.5) is 5.69 Å². The monoisotopic (exact) mass is 236 g/mol. The summed E-state index contributed by atoms with van der Waals surface area (Å²) in [7, 11) is 1.59. The number of anilines is 1. The Kier molecular flexibility index (Phi) is 3.31. The Morgan fingerprint density at radius 3 is 3.00 bits per heavy atom. The maximum atomic E-state index is 11.7. The molecule has 0 fully saturated rings. The van der Waals surface area contributed by atoms with Gasteiger partial charge in [0.05, 0.1) is 13.2 Å². The van der Waals surface area contributed by atoms with Gasteiger partial charge in [0.2, 0.25) is 5.91 Å². The number of methoxy groups -OCH3 is 1. The molecule has 3 N–H and O–H groups in total. The maximum absolute atomic E-state index is 11.7. The van der Waals surface area contributed by atoms with Crippen molar-refractivity contribution in [2.45, 2.75) is 19.1 Å². The standard InChI is InChI=1S/C12H16N2O3/c1-7(15)6-13-11-9-5-8(17-2)3-4-10(9)14-12(11)16/h3-5,7,11,13,15H,6H2,1-2H3,(H,14,16). The minimum Gasteiger partial charge on any atom is -0.497 e.